The van der Waals surface area contributed by atoms with E-state index in [0.29, 0.717) is 6.42 Å². The van der Waals surface area contributed by atoms with Crippen LogP contribution in [0.3, 0.4) is 0 Å². The summed E-state index contributed by atoms with van der Waals surface area (Å²) in [4.78, 5) is 11.3. The molecule has 0 saturated carbocycles. The minimum absolute atomic E-state index is 0.0391. The molecule has 1 heterocycles. The van der Waals surface area contributed by atoms with Gasteiger partial charge in [0, 0.05) is 6.42 Å². The van der Waals surface area contributed by atoms with E-state index in [1.165, 1.54) is 0 Å². The fourth-order valence-electron chi connectivity index (χ4n) is 1.30. The van der Waals surface area contributed by atoms with Crippen molar-refractivity contribution in [3.05, 3.63) is 23.7 Å². The summed E-state index contributed by atoms with van der Waals surface area (Å²) in [5.74, 6) is 1.76. The smallest absolute Gasteiger partial charge is 0.220 e. The molecule has 1 unspecified atom stereocenters. The van der Waals surface area contributed by atoms with Gasteiger partial charge in [-0.05, 0) is 32.4 Å². The normalized spacial score (nSPS) is 12.5. The molecule has 1 aromatic rings. The van der Waals surface area contributed by atoms with E-state index < -0.39 is 0 Å². The SMILES string of the molecule is CCCC(=O)NC(C)c1ccc(C)o1. The van der Waals surface area contributed by atoms with Crippen LogP contribution in [-0.2, 0) is 4.79 Å². The van der Waals surface area contributed by atoms with Crippen LogP contribution in [0.2, 0.25) is 0 Å². The second-order valence-corrected chi connectivity index (χ2v) is 3.49. The van der Waals surface area contributed by atoms with Gasteiger partial charge in [0.1, 0.15) is 11.5 Å². The summed E-state index contributed by atoms with van der Waals surface area (Å²) in [7, 11) is 0. The standard InChI is InChI=1S/C11H17NO2/c1-4-5-11(13)12-9(3)10-7-6-8(2)14-10/h6-7,9H,4-5H2,1-3H3,(H,12,13). The van der Waals surface area contributed by atoms with Gasteiger partial charge in [-0.1, -0.05) is 6.92 Å². The first kappa shape index (κ1) is 10.8. The molecule has 3 nitrogen and oxygen atoms in total. The third kappa shape index (κ3) is 2.91. The molecule has 0 bridgehead atoms. The van der Waals surface area contributed by atoms with Gasteiger partial charge in [0.2, 0.25) is 5.91 Å². The molecule has 14 heavy (non-hydrogen) atoms. The molecule has 0 aliphatic heterocycles. The number of aryl methyl sites for hydroxylation is 1. The first-order valence-corrected chi connectivity index (χ1v) is 4.99. The summed E-state index contributed by atoms with van der Waals surface area (Å²) < 4.78 is 5.41. The highest BCUT2D eigenvalue weighted by Gasteiger charge is 2.11. The Morgan fingerprint density at radius 1 is 1.57 bits per heavy atom. The first-order valence-electron chi connectivity index (χ1n) is 4.99. The van der Waals surface area contributed by atoms with E-state index in [1.54, 1.807) is 0 Å². The zero-order valence-corrected chi connectivity index (χ0v) is 8.96. The van der Waals surface area contributed by atoms with Crippen LogP contribution in [0, 0.1) is 6.92 Å². The Balaban J connectivity index is 2.50. The van der Waals surface area contributed by atoms with Crippen LogP contribution in [0.25, 0.3) is 0 Å². The van der Waals surface area contributed by atoms with Crippen LogP contribution in [0.15, 0.2) is 16.5 Å². The molecule has 0 spiro atoms. The molecule has 78 valence electrons. The predicted molar refractivity (Wildman–Crippen MR) is 54.9 cm³/mol. The van der Waals surface area contributed by atoms with Gasteiger partial charge in [-0.2, -0.15) is 0 Å². The molecule has 1 aromatic heterocycles. The van der Waals surface area contributed by atoms with Gasteiger partial charge >= 0.3 is 0 Å². The maximum atomic E-state index is 11.3. The van der Waals surface area contributed by atoms with Crippen LogP contribution in [0.1, 0.15) is 44.3 Å². The highest BCUT2D eigenvalue weighted by Crippen LogP contribution is 2.15. The van der Waals surface area contributed by atoms with Crippen LogP contribution < -0.4 is 5.32 Å². The number of carbonyl (C=O) groups excluding carboxylic acids is 1. The molecule has 0 radical (unpaired) electrons. The molecule has 0 aliphatic rings. The average molecular weight is 195 g/mol. The van der Waals surface area contributed by atoms with Crippen LogP contribution in [-0.4, -0.2) is 5.91 Å². The zero-order chi connectivity index (χ0) is 10.6. The lowest BCUT2D eigenvalue weighted by Gasteiger charge is -2.10. The van der Waals surface area contributed by atoms with E-state index in [1.807, 2.05) is 32.9 Å². The Bertz CT molecular complexity index is 304. The summed E-state index contributed by atoms with van der Waals surface area (Å²) in [5, 5.41) is 2.88. The van der Waals surface area contributed by atoms with E-state index in [4.69, 9.17) is 4.42 Å². The Hall–Kier alpha value is -1.25. The fourth-order valence-corrected chi connectivity index (χ4v) is 1.30. The third-order valence-electron chi connectivity index (χ3n) is 2.04. The average Bonchev–Trinajstić information content (AvgIpc) is 2.52. The lowest BCUT2D eigenvalue weighted by atomic mass is 10.2. The molecule has 1 rings (SSSR count). The Morgan fingerprint density at radius 3 is 2.79 bits per heavy atom. The molecule has 0 fully saturated rings. The third-order valence-corrected chi connectivity index (χ3v) is 2.04. The van der Waals surface area contributed by atoms with Gasteiger partial charge in [-0.3, -0.25) is 4.79 Å². The Labute approximate surface area is 84.5 Å². The molecule has 1 amide bonds. The van der Waals surface area contributed by atoms with Crippen LogP contribution in [0.4, 0.5) is 0 Å². The molecule has 0 aliphatic carbocycles. The Kier molecular flexibility index (Phi) is 3.74. The van der Waals surface area contributed by atoms with Gasteiger partial charge in [0.25, 0.3) is 0 Å². The van der Waals surface area contributed by atoms with Crippen molar-refractivity contribution >= 4 is 5.91 Å². The largest absolute Gasteiger partial charge is 0.464 e. The predicted octanol–water partition coefficient (Wildman–Crippen LogP) is 2.57. The second-order valence-electron chi connectivity index (χ2n) is 3.49. The highest BCUT2D eigenvalue weighted by atomic mass is 16.3. The number of furan rings is 1. The minimum atomic E-state index is -0.0391. The van der Waals surface area contributed by atoms with E-state index in [0.717, 1.165) is 17.9 Å². The van der Waals surface area contributed by atoms with Crippen molar-refractivity contribution in [3.8, 4) is 0 Å². The number of hydrogen-bond donors (Lipinski definition) is 1. The molecule has 0 aromatic carbocycles. The molecular formula is C11H17NO2. The fraction of sp³-hybridized carbons (Fsp3) is 0.545. The highest BCUT2D eigenvalue weighted by molar-refractivity contribution is 5.76. The number of nitrogens with one attached hydrogen (secondary N) is 1. The summed E-state index contributed by atoms with van der Waals surface area (Å²) >= 11 is 0. The number of rotatable bonds is 4. The maximum Gasteiger partial charge on any atom is 0.220 e. The monoisotopic (exact) mass is 195 g/mol. The minimum Gasteiger partial charge on any atom is -0.464 e. The van der Waals surface area contributed by atoms with Gasteiger partial charge in [0.05, 0.1) is 6.04 Å². The van der Waals surface area contributed by atoms with Crippen molar-refractivity contribution in [1.82, 2.24) is 5.32 Å². The molecule has 0 saturated heterocycles. The van der Waals surface area contributed by atoms with E-state index in [2.05, 4.69) is 5.32 Å². The van der Waals surface area contributed by atoms with Crippen molar-refractivity contribution in [2.24, 2.45) is 0 Å². The molecule has 1 N–H and O–H groups in total. The number of carbonyl (C=O) groups is 1. The number of hydrogen-bond acceptors (Lipinski definition) is 2. The molecule has 1 atom stereocenters. The number of amides is 1. The van der Waals surface area contributed by atoms with Crippen LogP contribution >= 0.6 is 0 Å². The summed E-state index contributed by atoms with van der Waals surface area (Å²) in [6.07, 6.45) is 1.44. The van der Waals surface area contributed by atoms with E-state index >= 15 is 0 Å². The zero-order valence-electron chi connectivity index (χ0n) is 8.96. The van der Waals surface area contributed by atoms with E-state index in [-0.39, 0.29) is 11.9 Å². The quantitative estimate of drug-likeness (QED) is 0.802. The van der Waals surface area contributed by atoms with Gasteiger partial charge in [-0.25, -0.2) is 0 Å². The topological polar surface area (TPSA) is 42.2 Å². The van der Waals surface area contributed by atoms with Gasteiger partial charge in [0.15, 0.2) is 0 Å². The first-order chi connectivity index (χ1) is 6.63. The summed E-state index contributed by atoms with van der Waals surface area (Å²) in [5.41, 5.74) is 0. The van der Waals surface area contributed by atoms with Crippen molar-refractivity contribution in [3.63, 3.8) is 0 Å². The van der Waals surface area contributed by atoms with Crippen LogP contribution in [0.5, 0.6) is 0 Å². The lowest BCUT2D eigenvalue weighted by molar-refractivity contribution is -0.121. The molecular weight excluding hydrogens is 178 g/mol. The summed E-state index contributed by atoms with van der Waals surface area (Å²) in [6.45, 7) is 5.80. The van der Waals surface area contributed by atoms with Gasteiger partial charge < -0.3 is 9.73 Å². The lowest BCUT2D eigenvalue weighted by Crippen LogP contribution is -2.25. The van der Waals surface area contributed by atoms with Crippen molar-refractivity contribution in [2.75, 3.05) is 0 Å². The summed E-state index contributed by atoms with van der Waals surface area (Å²) in [6, 6.07) is 3.76. The van der Waals surface area contributed by atoms with Crippen molar-refractivity contribution < 1.29 is 9.21 Å². The Morgan fingerprint density at radius 2 is 2.29 bits per heavy atom. The van der Waals surface area contributed by atoms with Gasteiger partial charge in [-0.15, -0.1) is 0 Å². The van der Waals surface area contributed by atoms with Crippen molar-refractivity contribution in [2.45, 2.75) is 39.7 Å². The maximum absolute atomic E-state index is 11.3. The second kappa shape index (κ2) is 4.84. The van der Waals surface area contributed by atoms with Crippen molar-refractivity contribution in [1.29, 1.82) is 0 Å². The molecule has 3 heteroatoms. The van der Waals surface area contributed by atoms with E-state index in [9.17, 15) is 4.79 Å².